The Hall–Kier alpha value is -1.44. The van der Waals surface area contributed by atoms with Gasteiger partial charge in [0, 0.05) is 11.5 Å². The van der Waals surface area contributed by atoms with Gasteiger partial charge in [-0.2, -0.15) is 0 Å². The number of benzene rings is 1. The molecule has 1 aliphatic heterocycles. The van der Waals surface area contributed by atoms with Gasteiger partial charge in [0.1, 0.15) is 5.82 Å². The van der Waals surface area contributed by atoms with E-state index in [1.165, 1.54) is 6.07 Å². The van der Waals surface area contributed by atoms with Crippen molar-refractivity contribution in [3.63, 3.8) is 0 Å². The number of fused-ring (bicyclic) bond motifs is 1. The molecule has 7 heteroatoms. The molecule has 1 aromatic carbocycles. The van der Waals surface area contributed by atoms with Crippen molar-refractivity contribution in [1.29, 1.82) is 0 Å². The van der Waals surface area contributed by atoms with Crippen LogP contribution in [-0.2, 0) is 11.3 Å². The minimum absolute atomic E-state index is 0.0391. The maximum absolute atomic E-state index is 14.4. The number of halogens is 1. The molecule has 2 rings (SSSR count). The highest BCUT2D eigenvalue weighted by Gasteiger charge is 2.33. The normalized spacial score (nSPS) is 15.6. The van der Waals surface area contributed by atoms with Crippen molar-refractivity contribution in [3.05, 3.63) is 29.1 Å². The highest BCUT2D eigenvalue weighted by Crippen LogP contribution is 2.21. The van der Waals surface area contributed by atoms with Crippen LogP contribution in [0.1, 0.15) is 50.0 Å². The largest absolute Gasteiger partial charge is 0.494 e. The van der Waals surface area contributed by atoms with Crippen LogP contribution in [0, 0.1) is 11.2 Å². The Bertz CT molecular complexity index is 575. The van der Waals surface area contributed by atoms with Crippen LogP contribution in [0.3, 0.4) is 0 Å². The minimum Gasteiger partial charge on any atom is -0.423 e. The van der Waals surface area contributed by atoms with Crippen LogP contribution in [0.2, 0.25) is 0 Å². The van der Waals surface area contributed by atoms with Crippen molar-refractivity contribution in [2.45, 2.75) is 46.8 Å². The molecular formula is C15H22BFN2O3. The highest BCUT2D eigenvalue weighted by molar-refractivity contribution is 6.61. The van der Waals surface area contributed by atoms with Gasteiger partial charge in [0.25, 0.3) is 5.91 Å². The summed E-state index contributed by atoms with van der Waals surface area (Å²) in [5, 5.41) is 9.62. The van der Waals surface area contributed by atoms with Gasteiger partial charge in [-0.25, -0.2) is 9.82 Å². The maximum Gasteiger partial charge on any atom is 0.494 e. The lowest BCUT2D eigenvalue weighted by Crippen LogP contribution is -2.50. The van der Waals surface area contributed by atoms with E-state index in [-0.39, 0.29) is 29.1 Å². The van der Waals surface area contributed by atoms with Gasteiger partial charge in [-0.3, -0.25) is 10.2 Å². The number of hydrogen-bond donors (Lipinski definition) is 3. The number of carbonyl (C=O) groups excluding carboxylic acids is 1. The van der Waals surface area contributed by atoms with Crippen molar-refractivity contribution in [2.75, 3.05) is 0 Å². The molecule has 0 bridgehead atoms. The Morgan fingerprint density at radius 2 is 2.18 bits per heavy atom. The second-order valence-electron chi connectivity index (χ2n) is 6.59. The lowest BCUT2D eigenvalue weighted by atomic mass is 9.78. The zero-order valence-electron chi connectivity index (χ0n) is 13.4. The smallest absolute Gasteiger partial charge is 0.423 e. The summed E-state index contributed by atoms with van der Waals surface area (Å²) in [5.74, 6) is -1.30. The highest BCUT2D eigenvalue weighted by atomic mass is 19.1. The van der Waals surface area contributed by atoms with E-state index in [1.807, 2.05) is 6.92 Å². The molecule has 5 nitrogen and oxygen atoms in total. The maximum atomic E-state index is 14.4. The molecule has 0 saturated heterocycles. The van der Waals surface area contributed by atoms with E-state index in [9.17, 15) is 14.2 Å². The van der Waals surface area contributed by atoms with E-state index in [1.54, 1.807) is 6.07 Å². The van der Waals surface area contributed by atoms with E-state index < -0.39 is 18.8 Å². The third kappa shape index (κ3) is 3.32. The molecule has 0 aromatic heterocycles. The molecule has 1 amide bonds. The van der Waals surface area contributed by atoms with E-state index in [4.69, 9.17) is 4.65 Å². The molecule has 1 atom stereocenters. The molecule has 0 saturated carbocycles. The molecule has 1 aromatic rings. The Morgan fingerprint density at radius 1 is 1.50 bits per heavy atom. The third-order valence-electron chi connectivity index (χ3n) is 3.97. The number of hydrogen-bond acceptors (Lipinski definition) is 4. The van der Waals surface area contributed by atoms with Gasteiger partial charge in [-0.15, -0.1) is 0 Å². The first-order valence-corrected chi connectivity index (χ1v) is 7.42. The predicted octanol–water partition coefficient (Wildman–Crippen LogP) is 1.10. The molecule has 0 aliphatic carbocycles. The monoisotopic (exact) mass is 308 g/mol. The number of nitrogens with one attached hydrogen (secondary N) is 2. The fraction of sp³-hybridized carbons (Fsp3) is 0.533. The van der Waals surface area contributed by atoms with Gasteiger partial charge in [0.2, 0.25) is 0 Å². The minimum atomic E-state index is -1.31. The topological polar surface area (TPSA) is 70.6 Å². The van der Waals surface area contributed by atoms with Crippen molar-refractivity contribution in [3.8, 4) is 0 Å². The molecule has 0 fully saturated rings. The van der Waals surface area contributed by atoms with Gasteiger partial charge < -0.3 is 9.68 Å². The van der Waals surface area contributed by atoms with Crippen LogP contribution >= 0.6 is 0 Å². The zero-order chi connectivity index (χ0) is 16.5. The zero-order valence-corrected chi connectivity index (χ0v) is 13.4. The molecule has 22 heavy (non-hydrogen) atoms. The molecule has 120 valence electrons. The van der Waals surface area contributed by atoms with E-state index in [0.717, 1.165) is 6.42 Å². The predicted molar refractivity (Wildman–Crippen MR) is 82.9 cm³/mol. The lowest BCUT2D eigenvalue weighted by Gasteiger charge is -2.30. The van der Waals surface area contributed by atoms with Crippen LogP contribution < -0.4 is 16.3 Å². The van der Waals surface area contributed by atoms with Crippen molar-refractivity contribution >= 4 is 18.5 Å². The summed E-state index contributed by atoms with van der Waals surface area (Å²) in [5.41, 5.74) is 5.97. The average Bonchev–Trinajstić information content (AvgIpc) is 2.80. The van der Waals surface area contributed by atoms with Crippen LogP contribution in [-0.4, -0.2) is 24.1 Å². The summed E-state index contributed by atoms with van der Waals surface area (Å²) >= 11 is 0. The first-order valence-electron chi connectivity index (χ1n) is 7.42. The molecule has 1 heterocycles. The second kappa shape index (κ2) is 6.36. The van der Waals surface area contributed by atoms with Crippen LogP contribution in [0.25, 0.3) is 0 Å². The fourth-order valence-electron chi connectivity index (χ4n) is 2.60. The Balaban J connectivity index is 2.13. The summed E-state index contributed by atoms with van der Waals surface area (Å²) in [6, 6.07) is 3.07. The summed E-state index contributed by atoms with van der Waals surface area (Å²) in [7, 11) is -1.31. The molecular weight excluding hydrogens is 286 g/mol. The van der Waals surface area contributed by atoms with Gasteiger partial charge in [-0.1, -0.05) is 33.8 Å². The molecule has 1 aliphatic rings. The van der Waals surface area contributed by atoms with Gasteiger partial charge in [0.15, 0.2) is 0 Å². The van der Waals surface area contributed by atoms with E-state index in [2.05, 4.69) is 31.6 Å². The first kappa shape index (κ1) is 16.9. The van der Waals surface area contributed by atoms with Crippen LogP contribution in [0.4, 0.5) is 4.39 Å². The Morgan fingerprint density at radius 3 is 2.77 bits per heavy atom. The van der Waals surface area contributed by atoms with Crippen LogP contribution in [0.15, 0.2) is 12.1 Å². The van der Waals surface area contributed by atoms with E-state index in [0.29, 0.717) is 5.56 Å². The summed E-state index contributed by atoms with van der Waals surface area (Å²) in [6.07, 6.45) is 0.822. The van der Waals surface area contributed by atoms with Crippen molar-refractivity contribution < 1.29 is 18.9 Å². The summed E-state index contributed by atoms with van der Waals surface area (Å²) < 4.78 is 19.4. The average molecular weight is 308 g/mol. The molecule has 3 N–H and O–H groups in total. The van der Waals surface area contributed by atoms with Gasteiger partial charge >= 0.3 is 7.12 Å². The van der Waals surface area contributed by atoms with Crippen LogP contribution in [0.5, 0.6) is 0 Å². The number of hydrazine groups is 1. The van der Waals surface area contributed by atoms with Crippen molar-refractivity contribution in [2.24, 2.45) is 5.41 Å². The third-order valence-corrected chi connectivity index (χ3v) is 3.97. The molecule has 0 radical (unpaired) electrons. The lowest BCUT2D eigenvalue weighted by molar-refractivity contribution is 0.0902. The number of carbonyl (C=O) groups is 1. The SMILES string of the molecule is CC[C@@H](NNC(=O)c1ccc2c(c1F)B(O)OC2)C(C)(C)C. The molecule has 0 unspecified atom stereocenters. The summed E-state index contributed by atoms with van der Waals surface area (Å²) in [4.78, 5) is 12.2. The summed E-state index contributed by atoms with van der Waals surface area (Å²) in [6.45, 7) is 8.34. The quantitative estimate of drug-likeness (QED) is 0.575. The second-order valence-corrected chi connectivity index (χ2v) is 6.59. The molecule has 0 spiro atoms. The van der Waals surface area contributed by atoms with Gasteiger partial charge in [-0.05, 0) is 23.5 Å². The Kier molecular flexibility index (Phi) is 4.89. The Labute approximate surface area is 130 Å². The number of amides is 1. The van der Waals surface area contributed by atoms with Gasteiger partial charge in [0.05, 0.1) is 12.2 Å². The number of rotatable bonds is 4. The fourth-order valence-corrected chi connectivity index (χ4v) is 2.60. The van der Waals surface area contributed by atoms with E-state index >= 15 is 0 Å². The standard InChI is InChI=1S/C15H22BFN2O3/c1-5-11(15(2,3)4)18-19-14(20)10-7-6-9-8-22-16(21)12(9)13(10)17/h6-7,11,18,21H,5,8H2,1-4H3,(H,19,20)/t11-/m1/s1. The van der Waals surface area contributed by atoms with Crippen molar-refractivity contribution in [1.82, 2.24) is 10.9 Å². The first-order chi connectivity index (χ1) is 10.3.